The van der Waals surface area contributed by atoms with Crippen molar-refractivity contribution in [3.63, 3.8) is 0 Å². The van der Waals surface area contributed by atoms with Crippen LogP contribution in [0.2, 0.25) is 0 Å². The van der Waals surface area contributed by atoms with E-state index in [0.717, 1.165) is 17.5 Å². The van der Waals surface area contributed by atoms with E-state index >= 15 is 0 Å². The zero-order valence-corrected chi connectivity index (χ0v) is 19.4. The Hall–Kier alpha value is -2.71. The molecule has 0 spiro atoms. The maximum atomic E-state index is 12.8. The second-order valence-corrected chi connectivity index (χ2v) is 10.2. The van der Waals surface area contributed by atoms with Crippen molar-refractivity contribution >= 4 is 21.8 Å². The van der Waals surface area contributed by atoms with Gasteiger partial charge in [-0.05, 0) is 50.8 Å². The number of carbonyl (C=O) groups is 2. The summed E-state index contributed by atoms with van der Waals surface area (Å²) in [6.45, 7) is 4.63. The van der Waals surface area contributed by atoms with Gasteiger partial charge in [0.05, 0.1) is 4.90 Å². The zero-order valence-electron chi connectivity index (χ0n) is 18.6. The van der Waals surface area contributed by atoms with E-state index in [9.17, 15) is 18.0 Å². The zero-order chi connectivity index (χ0) is 23.1. The molecular formula is C24H31N3O4S. The Labute approximate surface area is 190 Å². The van der Waals surface area contributed by atoms with Crippen molar-refractivity contribution in [2.24, 2.45) is 5.92 Å². The Morgan fingerprint density at radius 3 is 2.28 bits per heavy atom. The molecule has 1 atom stereocenters. The van der Waals surface area contributed by atoms with Crippen LogP contribution in [0, 0.1) is 12.8 Å². The second kappa shape index (κ2) is 10.7. The molecule has 2 aromatic rings. The van der Waals surface area contributed by atoms with Crippen molar-refractivity contribution in [1.82, 2.24) is 14.9 Å². The number of hydrogen-bond acceptors (Lipinski definition) is 4. The topological polar surface area (TPSA) is 95.6 Å². The minimum Gasteiger partial charge on any atom is -0.354 e. The number of benzene rings is 2. The van der Waals surface area contributed by atoms with Crippen LogP contribution in [0.1, 0.15) is 30.9 Å². The van der Waals surface area contributed by atoms with Crippen LogP contribution in [0.3, 0.4) is 0 Å². The molecule has 2 N–H and O–H groups in total. The number of amides is 2. The molecule has 8 heteroatoms. The number of carbonyl (C=O) groups excluding carboxylic acids is 2. The van der Waals surface area contributed by atoms with E-state index in [0.29, 0.717) is 19.4 Å². The molecule has 0 radical (unpaired) electrons. The highest BCUT2D eigenvalue weighted by Gasteiger charge is 2.32. The van der Waals surface area contributed by atoms with Crippen LogP contribution < -0.4 is 10.6 Å². The van der Waals surface area contributed by atoms with Gasteiger partial charge in [0.15, 0.2) is 0 Å². The normalized spacial score (nSPS) is 16.3. The number of rotatable bonds is 8. The highest BCUT2D eigenvalue weighted by atomic mass is 32.2. The maximum absolute atomic E-state index is 12.8. The molecule has 2 amide bonds. The van der Waals surface area contributed by atoms with Gasteiger partial charge in [0, 0.05) is 25.6 Å². The molecule has 32 heavy (non-hydrogen) atoms. The van der Waals surface area contributed by atoms with Gasteiger partial charge in [-0.1, -0.05) is 48.0 Å². The number of nitrogens with one attached hydrogen (secondary N) is 2. The first-order valence-corrected chi connectivity index (χ1v) is 12.4. The van der Waals surface area contributed by atoms with E-state index < -0.39 is 16.1 Å². The average molecular weight is 458 g/mol. The smallest absolute Gasteiger partial charge is 0.243 e. The molecule has 1 heterocycles. The van der Waals surface area contributed by atoms with Crippen LogP contribution >= 0.6 is 0 Å². The van der Waals surface area contributed by atoms with E-state index in [1.54, 1.807) is 31.2 Å². The van der Waals surface area contributed by atoms with Crippen molar-refractivity contribution in [3.05, 3.63) is 65.7 Å². The van der Waals surface area contributed by atoms with Crippen LogP contribution in [-0.2, 0) is 26.0 Å². The molecule has 0 aromatic heterocycles. The predicted octanol–water partition coefficient (Wildman–Crippen LogP) is 2.26. The molecule has 1 saturated heterocycles. The van der Waals surface area contributed by atoms with Gasteiger partial charge in [-0.15, -0.1) is 0 Å². The molecule has 1 aliphatic heterocycles. The summed E-state index contributed by atoms with van der Waals surface area (Å²) < 4.78 is 27.1. The fraction of sp³-hybridized carbons (Fsp3) is 0.417. The predicted molar refractivity (Wildman–Crippen MR) is 123 cm³/mol. The average Bonchev–Trinajstić information content (AvgIpc) is 2.80. The number of nitrogens with zero attached hydrogens (tertiary/aromatic N) is 1. The quantitative estimate of drug-likeness (QED) is 0.636. The lowest BCUT2D eigenvalue weighted by atomic mass is 9.97. The summed E-state index contributed by atoms with van der Waals surface area (Å²) in [7, 11) is -3.56. The molecule has 0 aliphatic carbocycles. The van der Waals surface area contributed by atoms with Crippen LogP contribution in [0.4, 0.5) is 0 Å². The first kappa shape index (κ1) is 23.9. The van der Waals surface area contributed by atoms with Gasteiger partial charge in [0.2, 0.25) is 21.8 Å². The summed E-state index contributed by atoms with van der Waals surface area (Å²) in [4.78, 5) is 25.2. The first-order chi connectivity index (χ1) is 15.3. The van der Waals surface area contributed by atoms with Gasteiger partial charge in [-0.3, -0.25) is 9.59 Å². The lowest BCUT2D eigenvalue weighted by Crippen LogP contribution is -2.49. The Kier molecular flexibility index (Phi) is 8.04. The maximum Gasteiger partial charge on any atom is 0.243 e. The molecule has 7 nitrogen and oxygen atoms in total. The van der Waals surface area contributed by atoms with Crippen molar-refractivity contribution in [2.45, 2.75) is 44.0 Å². The number of sulfonamides is 1. The van der Waals surface area contributed by atoms with Crippen LogP contribution in [0.5, 0.6) is 0 Å². The first-order valence-electron chi connectivity index (χ1n) is 11.0. The Balaban J connectivity index is 1.44. The Bertz CT molecular complexity index is 1010. The third-order valence-electron chi connectivity index (χ3n) is 5.79. The summed E-state index contributed by atoms with van der Waals surface area (Å²) in [5.41, 5.74) is 2.13. The van der Waals surface area contributed by atoms with Crippen molar-refractivity contribution in [1.29, 1.82) is 0 Å². The molecule has 3 rings (SSSR count). The highest BCUT2D eigenvalue weighted by Crippen LogP contribution is 2.24. The van der Waals surface area contributed by atoms with Gasteiger partial charge in [0.1, 0.15) is 6.04 Å². The largest absolute Gasteiger partial charge is 0.354 e. The fourth-order valence-electron chi connectivity index (χ4n) is 3.74. The summed E-state index contributed by atoms with van der Waals surface area (Å²) in [5.74, 6) is -0.740. The standard InChI is InChI=1S/C24H31N3O4S/c1-18-8-10-22(11-9-18)32(30,31)27-16-13-21(14-17-27)24(29)26-19(2)23(28)25-15-12-20-6-4-3-5-7-20/h3-11,19,21H,12-17H2,1-2H3,(H,25,28)(H,26,29)/t19-/m0/s1. The minimum atomic E-state index is -3.56. The third kappa shape index (κ3) is 6.17. The molecule has 2 aromatic carbocycles. The molecule has 0 bridgehead atoms. The van der Waals surface area contributed by atoms with Crippen molar-refractivity contribution in [3.8, 4) is 0 Å². The van der Waals surface area contributed by atoms with Crippen LogP contribution in [0.25, 0.3) is 0 Å². The van der Waals surface area contributed by atoms with Crippen LogP contribution in [0.15, 0.2) is 59.5 Å². The van der Waals surface area contributed by atoms with Gasteiger partial charge in [0.25, 0.3) is 0 Å². The lowest BCUT2D eigenvalue weighted by Gasteiger charge is -2.31. The fourth-order valence-corrected chi connectivity index (χ4v) is 5.21. The van der Waals surface area contributed by atoms with E-state index in [1.807, 2.05) is 37.3 Å². The molecule has 0 saturated carbocycles. The SMILES string of the molecule is Cc1ccc(S(=O)(=O)N2CCC(C(=O)N[C@@H](C)C(=O)NCCc3ccccc3)CC2)cc1. The monoisotopic (exact) mass is 457 g/mol. The number of piperidine rings is 1. The molecule has 1 aliphatic rings. The Morgan fingerprint density at radius 2 is 1.66 bits per heavy atom. The van der Waals surface area contributed by atoms with Crippen molar-refractivity contribution < 1.29 is 18.0 Å². The summed E-state index contributed by atoms with van der Waals surface area (Å²) >= 11 is 0. The summed E-state index contributed by atoms with van der Waals surface area (Å²) in [6.07, 6.45) is 1.58. The highest BCUT2D eigenvalue weighted by molar-refractivity contribution is 7.89. The summed E-state index contributed by atoms with van der Waals surface area (Å²) in [5, 5.41) is 5.62. The van der Waals surface area contributed by atoms with E-state index in [2.05, 4.69) is 10.6 Å². The molecule has 0 unspecified atom stereocenters. The lowest BCUT2D eigenvalue weighted by molar-refractivity contribution is -0.131. The van der Waals surface area contributed by atoms with Gasteiger partial charge in [-0.25, -0.2) is 8.42 Å². The Morgan fingerprint density at radius 1 is 1.03 bits per heavy atom. The van der Waals surface area contributed by atoms with Crippen molar-refractivity contribution in [2.75, 3.05) is 19.6 Å². The molecule has 172 valence electrons. The van der Waals surface area contributed by atoms with E-state index in [1.165, 1.54) is 4.31 Å². The minimum absolute atomic E-state index is 0.205. The molecule has 1 fully saturated rings. The third-order valence-corrected chi connectivity index (χ3v) is 7.70. The number of hydrogen-bond donors (Lipinski definition) is 2. The van der Waals surface area contributed by atoms with E-state index in [-0.39, 0.29) is 35.7 Å². The van der Waals surface area contributed by atoms with Gasteiger partial charge in [-0.2, -0.15) is 4.31 Å². The van der Waals surface area contributed by atoms with Crippen LogP contribution in [-0.4, -0.2) is 50.2 Å². The van der Waals surface area contributed by atoms with Gasteiger partial charge >= 0.3 is 0 Å². The molecular weight excluding hydrogens is 426 g/mol. The second-order valence-electron chi connectivity index (χ2n) is 8.25. The van der Waals surface area contributed by atoms with Gasteiger partial charge < -0.3 is 10.6 Å². The number of aryl methyl sites for hydroxylation is 1. The summed E-state index contributed by atoms with van der Waals surface area (Å²) in [6, 6.07) is 16.0. The van der Waals surface area contributed by atoms with E-state index in [4.69, 9.17) is 0 Å².